The average molecular weight is 733 g/mol. The molecule has 0 aliphatic rings. The smallest absolute Gasteiger partial charge is 0.391 e. The van der Waals surface area contributed by atoms with Crippen LogP contribution in [0.15, 0.2) is 0 Å². The van der Waals surface area contributed by atoms with E-state index in [1.165, 1.54) is 161 Å². The number of aliphatic hydroxyl groups excluding tert-OH is 1. The fourth-order valence-electron chi connectivity index (χ4n) is 6.67. The van der Waals surface area contributed by atoms with Crippen molar-refractivity contribution in [3.8, 4) is 0 Å². The Morgan fingerprint density at radius 1 is 0.580 bits per heavy atom. The van der Waals surface area contributed by atoms with Crippen molar-refractivity contribution in [3.63, 3.8) is 0 Å². The Morgan fingerprint density at radius 3 is 1.28 bits per heavy atom. The third kappa shape index (κ3) is 35.9. The van der Waals surface area contributed by atoms with Crippen molar-refractivity contribution in [2.24, 2.45) is 5.73 Å². The largest absolute Gasteiger partial charge is 0.472 e. The van der Waals surface area contributed by atoms with Crippen molar-refractivity contribution >= 4 is 13.7 Å². The minimum Gasteiger partial charge on any atom is -0.391 e. The maximum Gasteiger partial charge on any atom is 0.472 e. The summed E-state index contributed by atoms with van der Waals surface area (Å²) in [6, 6.07) is -0.766. The zero-order valence-corrected chi connectivity index (χ0v) is 34.1. The summed E-state index contributed by atoms with van der Waals surface area (Å²) in [4.78, 5) is 22.7. The van der Waals surface area contributed by atoms with Crippen molar-refractivity contribution in [3.05, 3.63) is 0 Å². The molecule has 0 heterocycles. The molecule has 0 rings (SSSR count). The molecule has 0 saturated heterocycles. The van der Waals surface area contributed by atoms with E-state index in [1.54, 1.807) is 0 Å². The van der Waals surface area contributed by atoms with E-state index in [1.807, 2.05) is 0 Å². The highest BCUT2D eigenvalue weighted by atomic mass is 31.2. The van der Waals surface area contributed by atoms with Crippen LogP contribution in [0.4, 0.5) is 0 Å². The van der Waals surface area contributed by atoms with Gasteiger partial charge in [0.2, 0.25) is 5.91 Å². The van der Waals surface area contributed by atoms with Crippen molar-refractivity contribution in [1.29, 1.82) is 0 Å². The van der Waals surface area contributed by atoms with Crippen molar-refractivity contribution < 1.29 is 28.4 Å². The van der Waals surface area contributed by atoms with Gasteiger partial charge in [0.15, 0.2) is 0 Å². The molecule has 3 atom stereocenters. The second kappa shape index (κ2) is 38.2. The molecule has 1 amide bonds. The van der Waals surface area contributed by atoms with Crippen LogP contribution in [0.1, 0.15) is 226 Å². The number of carbonyl (C=O) groups excluding carboxylic acids is 1. The van der Waals surface area contributed by atoms with Gasteiger partial charge in [-0.2, -0.15) is 0 Å². The molecule has 0 bridgehead atoms. The fourth-order valence-corrected chi connectivity index (χ4v) is 7.43. The maximum absolute atomic E-state index is 12.8. The summed E-state index contributed by atoms with van der Waals surface area (Å²) >= 11 is 0. The monoisotopic (exact) mass is 733 g/mol. The van der Waals surface area contributed by atoms with Crippen LogP contribution in [0, 0.1) is 0 Å². The summed E-state index contributed by atoms with van der Waals surface area (Å²) in [5.41, 5.74) is 5.37. The Kier molecular flexibility index (Phi) is 37.8. The first kappa shape index (κ1) is 49.5. The average Bonchev–Trinajstić information content (AvgIpc) is 3.10. The summed E-state index contributed by atoms with van der Waals surface area (Å²) in [7, 11) is -4.31. The van der Waals surface area contributed by atoms with E-state index >= 15 is 0 Å². The minimum absolute atomic E-state index is 0.0924. The van der Waals surface area contributed by atoms with Crippen molar-refractivity contribution in [1.82, 2.24) is 5.32 Å². The molecule has 0 saturated carbocycles. The number of aliphatic hydroxyl groups is 1. The molecule has 0 aromatic carbocycles. The first-order valence-corrected chi connectivity index (χ1v) is 23.1. The molecule has 50 heavy (non-hydrogen) atoms. The van der Waals surface area contributed by atoms with E-state index < -0.39 is 20.0 Å². The molecular weight excluding hydrogens is 647 g/mol. The Bertz CT molecular complexity index is 759. The van der Waals surface area contributed by atoms with Crippen LogP contribution >= 0.6 is 7.82 Å². The van der Waals surface area contributed by atoms with Gasteiger partial charge in [-0.15, -0.1) is 0 Å². The third-order valence-corrected chi connectivity index (χ3v) is 10.9. The number of phosphoric ester groups is 1. The van der Waals surface area contributed by atoms with Crippen molar-refractivity contribution in [2.75, 3.05) is 19.8 Å². The maximum atomic E-state index is 12.8. The fraction of sp³-hybridized carbons (Fsp3) is 0.976. The number of hydrogen-bond acceptors (Lipinski definition) is 6. The van der Waals surface area contributed by atoms with Crippen LogP contribution in [-0.4, -0.2) is 47.8 Å². The molecule has 0 radical (unpaired) electrons. The van der Waals surface area contributed by atoms with Gasteiger partial charge in [-0.3, -0.25) is 13.8 Å². The molecule has 0 fully saturated rings. The van der Waals surface area contributed by atoms with Crippen LogP contribution < -0.4 is 11.1 Å². The Labute approximate surface area is 310 Å². The summed E-state index contributed by atoms with van der Waals surface area (Å²) in [5.74, 6) is -0.157. The van der Waals surface area contributed by atoms with E-state index in [4.69, 9.17) is 14.8 Å². The predicted octanol–water partition coefficient (Wildman–Crippen LogP) is 11.8. The van der Waals surface area contributed by atoms with Gasteiger partial charge >= 0.3 is 7.82 Å². The van der Waals surface area contributed by atoms with Gasteiger partial charge in [0.1, 0.15) is 0 Å². The number of hydrogen-bond donors (Lipinski definition) is 4. The van der Waals surface area contributed by atoms with E-state index in [0.717, 1.165) is 38.5 Å². The standard InChI is InChI=1S/C41H85N2O6P/c1-3-5-7-9-11-13-15-17-18-19-20-21-23-25-27-29-31-33-35-41(45)43-39(38-49-50(46,47)48-37-36-42)40(44)34-32-30-28-26-24-22-16-14-12-10-8-6-4-2/h39-40,44H,3-38,42H2,1-2H3,(H,43,45)(H,46,47). The second-order valence-corrected chi connectivity index (χ2v) is 16.4. The highest BCUT2D eigenvalue weighted by Crippen LogP contribution is 2.43. The van der Waals surface area contributed by atoms with Gasteiger partial charge in [0.05, 0.1) is 25.4 Å². The molecule has 0 aromatic rings. The second-order valence-electron chi connectivity index (χ2n) is 14.9. The lowest BCUT2D eigenvalue weighted by Crippen LogP contribution is -2.46. The first-order chi connectivity index (χ1) is 24.4. The summed E-state index contributed by atoms with van der Waals surface area (Å²) in [6.45, 7) is 4.23. The summed E-state index contributed by atoms with van der Waals surface area (Å²) < 4.78 is 22.2. The quantitative estimate of drug-likeness (QED) is 0.0363. The number of unbranched alkanes of at least 4 members (excludes halogenated alkanes) is 29. The van der Waals surface area contributed by atoms with Gasteiger partial charge in [-0.25, -0.2) is 4.57 Å². The molecule has 0 aliphatic heterocycles. The molecule has 0 spiro atoms. The van der Waals surface area contributed by atoms with Gasteiger partial charge in [-0.1, -0.05) is 206 Å². The lowest BCUT2D eigenvalue weighted by Gasteiger charge is -2.25. The number of amides is 1. The summed E-state index contributed by atoms with van der Waals surface area (Å²) in [6.07, 6.45) is 39.6. The molecule has 9 heteroatoms. The summed E-state index contributed by atoms with van der Waals surface area (Å²) in [5, 5.41) is 13.8. The van der Waals surface area contributed by atoms with E-state index in [2.05, 4.69) is 19.2 Å². The zero-order valence-electron chi connectivity index (χ0n) is 33.2. The van der Waals surface area contributed by atoms with E-state index in [0.29, 0.717) is 12.8 Å². The molecule has 0 aromatic heterocycles. The predicted molar refractivity (Wildman–Crippen MR) is 212 cm³/mol. The van der Waals surface area contributed by atoms with E-state index in [-0.39, 0.29) is 25.7 Å². The Balaban J connectivity index is 4.10. The number of phosphoric acid groups is 1. The molecule has 8 nitrogen and oxygen atoms in total. The molecule has 3 unspecified atom stereocenters. The molecular formula is C41H85N2O6P. The van der Waals surface area contributed by atoms with Crippen LogP contribution in [0.3, 0.4) is 0 Å². The molecule has 5 N–H and O–H groups in total. The lowest BCUT2D eigenvalue weighted by atomic mass is 10.0. The van der Waals surface area contributed by atoms with Crippen LogP contribution in [0.2, 0.25) is 0 Å². The molecule has 300 valence electrons. The SMILES string of the molecule is CCCCCCCCCCCCCCCCCCCCC(=O)NC(COP(=O)(O)OCCN)C(O)CCCCCCCCCCCCCCC. The highest BCUT2D eigenvalue weighted by Gasteiger charge is 2.27. The first-order valence-electron chi connectivity index (χ1n) is 21.7. The Hall–Kier alpha value is -0.500. The number of carbonyl (C=O) groups is 1. The molecule has 0 aliphatic carbocycles. The van der Waals surface area contributed by atoms with E-state index in [9.17, 15) is 19.4 Å². The zero-order chi connectivity index (χ0) is 36.8. The van der Waals surface area contributed by atoms with Crippen LogP contribution in [0.5, 0.6) is 0 Å². The normalized spacial score (nSPS) is 14.1. The van der Waals surface area contributed by atoms with Crippen LogP contribution in [0.25, 0.3) is 0 Å². The van der Waals surface area contributed by atoms with Gasteiger partial charge in [0, 0.05) is 13.0 Å². The number of rotatable bonds is 41. The van der Waals surface area contributed by atoms with Crippen molar-refractivity contribution in [2.45, 2.75) is 238 Å². The van der Waals surface area contributed by atoms with Gasteiger partial charge < -0.3 is 21.1 Å². The minimum atomic E-state index is -4.31. The van der Waals surface area contributed by atoms with Gasteiger partial charge in [-0.05, 0) is 12.8 Å². The number of nitrogens with two attached hydrogens (primary N) is 1. The Morgan fingerprint density at radius 2 is 0.920 bits per heavy atom. The highest BCUT2D eigenvalue weighted by molar-refractivity contribution is 7.47. The van der Waals surface area contributed by atoms with Gasteiger partial charge in [0.25, 0.3) is 0 Å². The van der Waals surface area contributed by atoms with Crippen LogP contribution in [-0.2, 0) is 18.4 Å². The topological polar surface area (TPSA) is 131 Å². The number of nitrogens with one attached hydrogen (secondary N) is 1. The lowest BCUT2D eigenvalue weighted by molar-refractivity contribution is -0.123. The third-order valence-electron chi connectivity index (χ3n) is 9.96.